The Labute approximate surface area is 76.2 Å². The van der Waals surface area contributed by atoms with Gasteiger partial charge in [-0.2, -0.15) is 0 Å². The Morgan fingerprint density at radius 1 is 1.42 bits per heavy atom. The molecule has 2 N–H and O–H groups in total. The van der Waals surface area contributed by atoms with Gasteiger partial charge in [0.15, 0.2) is 5.13 Å². The molecule has 0 bridgehead atoms. The number of fused-ring (bicyclic) bond motifs is 1. The zero-order valence-electron chi connectivity index (χ0n) is 7.18. The van der Waals surface area contributed by atoms with Crippen molar-refractivity contribution < 1.29 is 0 Å². The minimum atomic E-state index is 1.06. The van der Waals surface area contributed by atoms with Gasteiger partial charge in [0.2, 0.25) is 0 Å². The highest BCUT2D eigenvalue weighted by Gasteiger charge is 2.12. The molecule has 12 heavy (non-hydrogen) atoms. The van der Waals surface area contributed by atoms with Gasteiger partial charge in [-0.25, -0.2) is 4.98 Å². The summed E-state index contributed by atoms with van der Waals surface area (Å²) in [4.78, 5) is 5.95. The van der Waals surface area contributed by atoms with Crippen molar-refractivity contribution >= 4 is 16.5 Å². The second-order valence-electron chi connectivity index (χ2n) is 2.89. The van der Waals surface area contributed by atoms with Gasteiger partial charge in [-0.1, -0.05) is 0 Å². The highest BCUT2D eigenvalue weighted by Crippen LogP contribution is 2.24. The summed E-state index contributed by atoms with van der Waals surface area (Å²) >= 11 is 1.79. The van der Waals surface area contributed by atoms with Crippen LogP contribution < -0.4 is 10.6 Å². The summed E-state index contributed by atoms with van der Waals surface area (Å²) in [7, 11) is 1.93. The number of rotatable bonds is 1. The van der Waals surface area contributed by atoms with Crippen molar-refractivity contribution in [2.45, 2.75) is 12.8 Å². The van der Waals surface area contributed by atoms with Crippen LogP contribution in [0.25, 0.3) is 0 Å². The van der Waals surface area contributed by atoms with Crippen molar-refractivity contribution in [1.82, 2.24) is 10.3 Å². The van der Waals surface area contributed by atoms with Gasteiger partial charge >= 0.3 is 0 Å². The molecule has 0 saturated carbocycles. The van der Waals surface area contributed by atoms with E-state index in [4.69, 9.17) is 0 Å². The number of hydrogen-bond donors (Lipinski definition) is 2. The second-order valence-corrected chi connectivity index (χ2v) is 3.97. The summed E-state index contributed by atoms with van der Waals surface area (Å²) in [5.41, 5.74) is 1.29. The van der Waals surface area contributed by atoms with Crippen molar-refractivity contribution in [3.05, 3.63) is 10.6 Å². The van der Waals surface area contributed by atoms with Crippen LogP contribution in [0.5, 0.6) is 0 Å². The summed E-state index contributed by atoms with van der Waals surface area (Å²) in [5.74, 6) is 0. The molecule has 1 aliphatic heterocycles. The van der Waals surface area contributed by atoms with E-state index in [1.54, 1.807) is 11.3 Å². The lowest BCUT2D eigenvalue weighted by Crippen LogP contribution is -2.16. The molecule has 1 aromatic heterocycles. The van der Waals surface area contributed by atoms with E-state index in [2.05, 4.69) is 15.6 Å². The van der Waals surface area contributed by atoms with E-state index >= 15 is 0 Å². The zero-order valence-corrected chi connectivity index (χ0v) is 8.00. The Balaban J connectivity index is 2.26. The number of nitrogens with one attached hydrogen (secondary N) is 2. The van der Waals surface area contributed by atoms with Gasteiger partial charge in [0.05, 0.1) is 5.69 Å². The molecule has 0 spiro atoms. The first-order valence-corrected chi connectivity index (χ1v) is 5.09. The van der Waals surface area contributed by atoms with Crippen LogP contribution in [0.15, 0.2) is 0 Å². The first-order chi connectivity index (χ1) is 5.90. The molecule has 3 nitrogen and oxygen atoms in total. The first-order valence-electron chi connectivity index (χ1n) is 4.27. The van der Waals surface area contributed by atoms with E-state index in [1.165, 1.54) is 10.6 Å². The zero-order chi connectivity index (χ0) is 8.39. The van der Waals surface area contributed by atoms with E-state index in [9.17, 15) is 0 Å². The van der Waals surface area contributed by atoms with Crippen molar-refractivity contribution in [3.63, 3.8) is 0 Å². The maximum Gasteiger partial charge on any atom is 0.182 e. The molecule has 2 heterocycles. The molecule has 0 unspecified atom stereocenters. The summed E-state index contributed by atoms with van der Waals surface area (Å²) in [5, 5.41) is 7.51. The van der Waals surface area contributed by atoms with Crippen molar-refractivity contribution in [2.24, 2.45) is 0 Å². The largest absolute Gasteiger partial charge is 0.365 e. The van der Waals surface area contributed by atoms with E-state index in [0.717, 1.165) is 31.1 Å². The highest BCUT2D eigenvalue weighted by molar-refractivity contribution is 7.15. The van der Waals surface area contributed by atoms with Gasteiger partial charge in [-0.3, -0.25) is 0 Å². The Morgan fingerprint density at radius 2 is 2.25 bits per heavy atom. The average Bonchev–Trinajstić information content (AvgIpc) is 2.37. The van der Waals surface area contributed by atoms with E-state index < -0.39 is 0 Å². The van der Waals surface area contributed by atoms with E-state index in [1.807, 2.05) is 7.05 Å². The predicted octanol–water partition coefficient (Wildman–Crippen LogP) is 0.873. The summed E-state index contributed by atoms with van der Waals surface area (Å²) < 4.78 is 0. The number of nitrogens with zero attached hydrogens (tertiary/aromatic N) is 1. The molecule has 2 rings (SSSR count). The van der Waals surface area contributed by atoms with Gasteiger partial charge in [0.25, 0.3) is 0 Å². The van der Waals surface area contributed by atoms with Crippen LogP contribution in [0.2, 0.25) is 0 Å². The smallest absolute Gasteiger partial charge is 0.182 e. The summed E-state index contributed by atoms with van der Waals surface area (Å²) in [6.07, 6.45) is 2.21. The Kier molecular flexibility index (Phi) is 2.28. The fraction of sp³-hybridized carbons (Fsp3) is 0.625. The molecule has 1 aromatic rings. The molecule has 0 fully saturated rings. The third kappa shape index (κ3) is 1.44. The summed E-state index contributed by atoms with van der Waals surface area (Å²) in [6.45, 7) is 2.16. The number of aromatic nitrogens is 1. The molecule has 0 radical (unpaired) electrons. The molecular formula is C8H13N3S. The normalized spacial score (nSPS) is 16.8. The van der Waals surface area contributed by atoms with Gasteiger partial charge in [-0.05, 0) is 6.42 Å². The SMILES string of the molecule is CNc1nc2c(s1)CCNCC2. The Bertz CT molecular complexity index is 246. The van der Waals surface area contributed by atoms with E-state index in [-0.39, 0.29) is 0 Å². The first kappa shape index (κ1) is 8.01. The Hall–Kier alpha value is -0.610. The molecule has 0 atom stereocenters. The van der Waals surface area contributed by atoms with E-state index in [0.29, 0.717) is 0 Å². The van der Waals surface area contributed by atoms with Crippen LogP contribution in [0.3, 0.4) is 0 Å². The molecular weight excluding hydrogens is 170 g/mol. The van der Waals surface area contributed by atoms with Crippen LogP contribution in [0, 0.1) is 0 Å². The second kappa shape index (κ2) is 3.41. The highest BCUT2D eigenvalue weighted by atomic mass is 32.1. The minimum absolute atomic E-state index is 1.06. The average molecular weight is 183 g/mol. The number of hydrogen-bond acceptors (Lipinski definition) is 4. The van der Waals surface area contributed by atoms with Gasteiger partial charge in [0, 0.05) is 31.4 Å². The molecule has 66 valence electrons. The van der Waals surface area contributed by atoms with Gasteiger partial charge < -0.3 is 10.6 Å². The van der Waals surface area contributed by atoms with Gasteiger partial charge in [-0.15, -0.1) is 11.3 Å². The molecule has 4 heteroatoms. The van der Waals surface area contributed by atoms with Crippen LogP contribution in [0.4, 0.5) is 5.13 Å². The van der Waals surface area contributed by atoms with Crippen LogP contribution >= 0.6 is 11.3 Å². The third-order valence-corrected chi connectivity index (χ3v) is 3.23. The molecule has 0 aliphatic carbocycles. The third-order valence-electron chi connectivity index (χ3n) is 2.06. The fourth-order valence-corrected chi connectivity index (χ4v) is 2.38. The van der Waals surface area contributed by atoms with Crippen LogP contribution in [-0.2, 0) is 12.8 Å². The quantitative estimate of drug-likeness (QED) is 0.678. The maximum atomic E-state index is 4.50. The molecule has 1 aliphatic rings. The van der Waals surface area contributed by atoms with Crippen LogP contribution in [-0.4, -0.2) is 25.1 Å². The van der Waals surface area contributed by atoms with Crippen molar-refractivity contribution in [2.75, 3.05) is 25.5 Å². The fourth-order valence-electron chi connectivity index (χ4n) is 1.41. The lowest BCUT2D eigenvalue weighted by atomic mass is 10.2. The Morgan fingerprint density at radius 3 is 3.08 bits per heavy atom. The maximum absolute atomic E-state index is 4.50. The molecule has 0 amide bonds. The van der Waals surface area contributed by atoms with Crippen molar-refractivity contribution in [3.8, 4) is 0 Å². The number of thiazole rings is 1. The monoisotopic (exact) mass is 183 g/mol. The standard InChI is InChI=1S/C8H13N3S/c1-9-8-11-6-2-4-10-5-3-7(6)12-8/h10H,2-5H2,1H3,(H,9,11). The molecule has 0 aromatic carbocycles. The molecule has 0 saturated heterocycles. The predicted molar refractivity (Wildman–Crippen MR) is 51.9 cm³/mol. The minimum Gasteiger partial charge on any atom is -0.365 e. The number of anilines is 1. The van der Waals surface area contributed by atoms with Gasteiger partial charge in [0.1, 0.15) is 0 Å². The lowest BCUT2D eigenvalue weighted by Gasteiger charge is -1.95. The van der Waals surface area contributed by atoms with Crippen LogP contribution in [0.1, 0.15) is 10.6 Å². The topological polar surface area (TPSA) is 37.0 Å². The lowest BCUT2D eigenvalue weighted by molar-refractivity contribution is 0.709. The van der Waals surface area contributed by atoms with Crippen molar-refractivity contribution in [1.29, 1.82) is 0 Å². The summed E-state index contributed by atoms with van der Waals surface area (Å²) in [6, 6.07) is 0.